The molecule has 0 unspecified atom stereocenters. The van der Waals surface area contributed by atoms with Gasteiger partial charge in [-0.1, -0.05) is 16.8 Å². The van der Waals surface area contributed by atoms with Crippen molar-refractivity contribution in [1.82, 2.24) is 20.1 Å². The first kappa shape index (κ1) is 18.1. The summed E-state index contributed by atoms with van der Waals surface area (Å²) in [5.41, 5.74) is 1.53. The van der Waals surface area contributed by atoms with Crippen LogP contribution in [0.5, 0.6) is 0 Å². The molecule has 0 aliphatic heterocycles. The van der Waals surface area contributed by atoms with Crippen molar-refractivity contribution in [2.75, 3.05) is 4.72 Å². The fourth-order valence-electron chi connectivity index (χ4n) is 2.37. The molecule has 2 aromatic carbocycles. The molecule has 0 amide bonds. The van der Waals surface area contributed by atoms with E-state index in [9.17, 15) is 8.42 Å². The fraction of sp³-hybridized carbons (Fsp3) is 0. The highest BCUT2D eigenvalue weighted by molar-refractivity contribution is 7.92. The Labute approximate surface area is 165 Å². The van der Waals surface area contributed by atoms with E-state index >= 15 is 0 Å². The molecule has 0 aliphatic carbocycles. The van der Waals surface area contributed by atoms with E-state index in [4.69, 9.17) is 16.1 Å². The van der Waals surface area contributed by atoms with Gasteiger partial charge >= 0.3 is 0 Å². The number of benzene rings is 2. The number of aromatic nitrogens is 4. The molecular formula is C18H12ClN5O3S. The van der Waals surface area contributed by atoms with Crippen LogP contribution in [-0.4, -0.2) is 28.5 Å². The van der Waals surface area contributed by atoms with E-state index in [1.807, 2.05) is 0 Å². The molecule has 0 spiro atoms. The van der Waals surface area contributed by atoms with Gasteiger partial charge in [-0.2, -0.15) is 4.98 Å². The van der Waals surface area contributed by atoms with Gasteiger partial charge in [0.2, 0.25) is 5.82 Å². The Morgan fingerprint density at radius 2 is 1.71 bits per heavy atom. The Kier molecular flexibility index (Phi) is 4.76. The summed E-state index contributed by atoms with van der Waals surface area (Å²) in [6.45, 7) is 0. The normalized spacial score (nSPS) is 11.3. The molecule has 0 saturated heterocycles. The maximum atomic E-state index is 12.4. The van der Waals surface area contributed by atoms with Gasteiger partial charge < -0.3 is 4.52 Å². The molecular weight excluding hydrogens is 402 g/mol. The molecule has 2 aromatic heterocycles. The van der Waals surface area contributed by atoms with Crippen LogP contribution >= 0.6 is 11.6 Å². The van der Waals surface area contributed by atoms with Crippen LogP contribution in [-0.2, 0) is 10.0 Å². The summed E-state index contributed by atoms with van der Waals surface area (Å²) < 4.78 is 32.6. The van der Waals surface area contributed by atoms with Crippen molar-refractivity contribution in [2.24, 2.45) is 0 Å². The monoisotopic (exact) mass is 413 g/mol. The molecule has 140 valence electrons. The molecule has 0 aliphatic rings. The maximum absolute atomic E-state index is 12.4. The SMILES string of the molecule is O=S(=O)(Nc1ccc(-c2noc(-c3cnccn3)n2)cc1)c1ccc(Cl)cc1. The van der Waals surface area contributed by atoms with E-state index in [-0.39, 0.29) is 10.8 Å². The highest BCUT2D eigenvalue weighted by Crippen LogP contribution is 2.23. The van der Waals surface area contributed by atoms with E-state index in [0.29, 0.717) is 27.8 Å². The van der Waals surface area contributed by atoms with Crippen LogP contribution in [0.2, 0.25) is 5.02 Å². The minimum absolute atomic E-state index is 0.118. The average Bonchev–Trinajstić information content (AvgIpc) is 3.19. The average molecular weight is 414 g/mol. The van der Waals surface area contributed by atoms with Crippen molar-refractivity contribution in [1.29, 1.82) is 0 Å². The maximum Gasteiger partial charge on any atom is 0.278 e. The molecule has 4 rings (SSSR count). The van der Waals surface area contributed by atoms with Gasteiger partial charge in [-0.05, 0) is 48.5 Å². The zero-order valence-electron chi connectivity index (χ0n) is 14.2. The third kappa shape index (κ3) is 3.85. The number of rotatable bonds is 5. The smallest absolute Gasteiger partial charge is 0.278 e. The van der Waals surface area contributed by atoms with Gasteiger partial charge in [-0.15, -0.1) is 0 Å². The molecule has 10 heteroatoms. The van der Waals surface area contributed by atoms with Crippen molar-refractivity contribution >= 4 is 27.3 Å². The van der Waals surface area contributed by atoms with E-state index < -0.39 is 10.0 Å². The fourth-order valence-corrected chi connectivity index (χ4v) is 3.55. The molecule has 0 radical (unpaired) electrons. The highest BCUT2D eigenvalue weighted by atomic mass is 35.5. The number of nitrogens with zero attached hydrogens (tertiary/aromatic N) is 4. The predicted octanol–water partition coefficient (Wildman–Crippen LogP) is 3.65. The topological polar surface area (TPSA) is 111 Å². The summed E-state index contributed by atoms with van der Waals surface area (Å²) in [6, 6.07) is 12.5. The summed E-state index contributed by atoms with van der Waals surface area (Å²) >= 11 is 5.80. The number of anilines is 1. The Bertz CT molecular complexity index is 1190. The first-order valence-corrected chi connectivity index (χ1v) is 9.86. The van der Waals surface area contributed by atoms with Crippen LogP contribution in [0, 0.1) is 0 Å². The molecule has 0 bridgehead atoms. The quantitative estimate of drug-likeness (QED) is 0.531. The lowest BCUT2D eigenvalue weighted by atomic mass is 10.2. The Balaban J connectivity index is 1.53. The van der Waals surface area contributed by atoms with Gasteiger partial charge in [-0.25, -0.2) is 13.4 Å². The van der Waals surface area contributed by atoms with Gasteiger partial charge in [0.15, 0.2) is 0 Å². The molecule has 8 nitrogen and oxygen atoms in total. The Morgan fingerprint density at radius 1 is 0.964 bits per heavy atom. The van der Waals surface area contributed by atoms with Crippen LogP contribution < -0.4 is 4.72 Å². The second kappa shape index (κ2) is 7.37. The minimum atomic E-state index is -3.71. The van der Waals surface area contributed by atoms with E-state index in [0.717, 1.165) is 0 Å². The number of hydrogen-bond acceptors (Lipinski definition) is 7. The zero-order valence-corrected chi connectivity index (χ0v) is 15.7. The molecule has 4 aromatic rings. The van der Waals surface area contributed by atoms with Gasteiger partial charge in [0, 0.05) is 28.7 Å². The Morgan fingerprint density at radius 3 is 2.39 bits per heavy atom. The van der Waals surface area contributed by atoms with E-state index in [1.165, 1.54) is 36.7 Å². The van der Waals surface area contributed by atoms with Gasteiger partial charge in [0.25, 0.3) is 15.9 Å². The standard InChI is InChI=1S/C18H12ClN5O3S/c19-13-3-7-15(8-4-13)28(25,26)24-14-5-1-12(2-6-14)17-22-18(27-23-17)16-11-20-9-10-21-16/h1-11,24H. The summed E-state index contributed by atoms with van der Waals surface area (Å²) in [6.07, 6.45) is 4.59. The van der Waals surface area contributed by atoms with Gasteiger partial charge in [0.1, 0.15) is 5.69 Å². The number of nitrogens with one attached hydrogen (secondary N) is 1. The molecule has 2 heterocycles. The largest absolute Gasteiger partial charge is 0.332 e. The predicted molar refractivity (Wildman–Crippen MR) is 103 cm³/mol. The highest BCUT2D eigenvalue weighted by Gasteiger charge is 2.15. The van der Waals surface area contributed by atoms with Crippen LogP contribution in [0.4, 0.5) is 5.69 Å². The lowest BCUT2D eigenvalue weighted by Crippen LogP contribution is -2.12. The van der Waals surface area contributed by atoms with Gasteiger partial charge in [-0.3, -0.25) is 9.71 Å². The zero-order chi connectivity index (χ0) is 19.6. The lowest BCUT2D eigenvalue weighted by molar-refractivity contribution is 0.431. The first-order valence-electron chi connectivity index (χ1n) is 8.00. The van der Waals surface area contributed by atoms with Gasteiger partial charge in [0.05, 0.1) is 11.1 Å². The van der Waals surface area contributed by atoms with Crippen LogP contribution in [0.15, 0.2) is 76.5 Å². The van der Waals surface area contributed by atoms with Crippen molar-refractivity contribution in [3.05, 3.63) is 72.1 Å². The number of halogens is 1. The van der Waals surface area contributed by atoms with E-state index in [2.05, 4.69) is 24.8 Å². The van der Waals surface area contributed by atoms with Crippen molar-refractivity contribution < 1.29 is 12.9 Å². The molecule has 0 atom stereocenters. The van der Waals surface area contributed by atoms with Crippen molar-refractivity contribution in [2.45, 2.75) is 4.90 Å². The second-order valence-electron chi connectivity index (χ2n) is 5.65. The van der Waals surface area contributed by atoms with Crippen molar-refractivity contribution in [3.63, 3.8) is 0 Å². The third-order valence-corrected chi connectivity index (χ3v) is 5.38. The van der Waals surface area contributed by atoms with Crippen LogP contribution in [0.25, 0.3) is 23.0 Å². The van der Waals surface area contributed by atoms with E-state index in [1.54, 1.807) is 30.5 Å². The summed E-state index contributed by atoms with van der Waals surface area (Å²) in [5, 5.41) is 4.38. The summed E-state index contributed by atoms with van der Waals surface area (Å²) in [4.78, 5) is 12.5. The first-order chi connectivity index (χ1) is 13.5. The molecule has 1 N–H and O–H groups in total. The summed E-state index contributed by atoms with van der Waals surface area (Å²) in [7, 11) is -3.71. The summed E-state index contributed by atoms with van der Waals surface area (Å²) in [5.74, 6) is 0.600. The minimum Gasteiger partial charge on any atom is -0.332 e. The molecule has 0 fully saturated rings. The third-order valence-electron chi connectivity index (χ3n) is 3.73. The van der Waals surface area contributed by atoms with Crippen molar-refractivity contribution in [3.8, 4) is 23.0 Å². The number of sulfonamides is 1. The molecule has 0 saturated carbocycles. The van der Waals surface area contributed by atoms with Crippen LogP contribution in [0.1, 0.15) is 0 Å². The van der Waals surface area contributed by atoms with Crippen LogP contribution in [0.3, 0.4) is 0 Å². The Hall–Kier alpha value is -3.30. The number of hydrogen-bond donors (Lipinski definition) is 1. The second-order valence-corrected chi connectivity index (χ2v) is 7.77. The molecule has 28 heavy (non-hydrogen) atoms. The lowest BCUT2D eigenvalue weighted by Gasteiger charge is -2.08.